The number of nitrogens with one attached hydrogen (secondary N) is 1. The first-order valence-corrected chi connectivity index (χ1v) is 8.56. The van der Waals surface area contributed by atoms with E-state index in [0.717, 1.165) is 18.0 Å². The van der Waals surface area contributed by atoms with Crippen molar-refractivity contribution in [2.75, 3.05) is 0 Å². The molecule has 0 saturated heterocycles. The van der Waals surface area contributed by atoms with Crippen LogP contribution in [0.15, 0.2) is 42.0 Å². The van der Waals surface area contributed by atoms with Gasteiger partial charge in [-0.2, -0.15) is 13.2 Å². The van der Waals surface area contributed by atoms with Crippen molar-refractivity contribution in [1.82, 2.24) is 19.9 Å². The van der Waals surface area contributed by atoms with Crippen LogP contribution in [-0.4, -0.2) is 20.4 Å². The lowest BCUT2D eigenvalue weighted by molar-refractivity contribution is -0.137. The first kappa shape index (κ1) is 18.1. The maximum atomic E-state index is 12.8. The summed E-state index contributed by atoms with van der Waals surface area (Å²) in [5.74, 6) is 0.496. The molecule has 0 unspecified atom stereocenters. The predicted molar refractivity (Wildman–Crippen MR) is 91.3 cm³/mol. The predicted octanol–water partition coefficient (Wildman–Crippen LogP) is 3.42. The van der Waals surface area contributed by atoms with E-state index in [-0.39, 0.29) is 12.3 Å². The Bertz CT molecular complexity index is 917. The monoisotopic (exact) mass is 380 g/mol. The van der Waals surface area contributed by atoms with Crippen molar-refractivity contribution in [3.05, 3.63) is 59.1 Å². The topological polar surface area (TPSA) is 59.8 Å². The molecular weight excluding hydrogens is 365 g/mol. The van der Waals surface area contributed by atoms with Crippen LogP contribution in [0.4, 0.5) is 13.2 Å². The summed E-state index contributed by atoms with van der Waals surface area (Å²) < 4.78 is 40.2. The molecular formula is C17H15F3N4OS. The number of aromatic nitrogens is 3. The zero-order valence-electron chi connectivity index (χ0n) is 13.7. The molecule has 0 atom stereocenters. The minimum absolute atomic E-state index is 0.0554. The number of thiazole rings is 1. The minimum atomic E-state index is -4.40. The molecule has 0 radical (unpaired) electrons. The second-order valence-electron chi connectivity index (χ2n) is 5.63. The molecule has 0 aliphatic rings. The van der Waals surface area contributed by atoms with Crippen LogP contribution in [0.3, 0.4) is 0 Å². The normalized spacial score (nSPS) is 11.5. The van der Waals surface area contributed by atoms with E-state index in [1.54, 1.807) is 28.4 Å². The molecule has 0 spiro atoms. The highest BCUT2D eigenvalue weighted by Crippen LogP contribution is 2.33. The highest BCUT2D eigenvalue weighted by Gasteiger charge is 2.30. The number of carbonyl (C=O) groups excluding carboxylic acids is 1. The molecule has 5 nitrogen and oxygen atoms in total. The largest absolute Gasteiger partial charge is 0.416 e. The number of alkyl halides is 3. The average molecular weight is 380 g/mol. The number of rotatable bonds is 5. The Labute approximate surface area is 151 Å². The van der Waals surface area contributed by atoms with E-state index in [4.69, 9.17) is 0 Å². The van der Waals surface area contributed by atoms with Crippen LogP contribution >= 0.6 is 11.3 Å². The molecule has 1 aromatic carbocycles. The molecule has 3 aromatic rings. The molecule has 0 aliphatic heterocycles. The molecule has 9 heteroatoms. The number of hydrogen-bond acceptors (Lipinski definition) is 4. The van der Waals surface area contributed by atoms with Crippen LogP contribution in [0.2, 0.25) is 0 Å². The van der Waals surface area contributed by atoms with Crippen molar-refractivity contribution in [3.8, 4) is 10.6 Å². The molecule has 2 heterocycles. The Balaban J connectivity index is 1.64. The molecule has 1 N–H and O–H groups in total. The van der Waals surface area contributed by atoms with Gasteiger partial charge in [0.2, 0.25) is 5.91 Å². The van der Waals surface area contributed by atoms with Crippen LogP contribution in [0.25, 0.3) is 10.6 Å². The van der Waals surface area contributed by atoms with Crippen LogP contribution < -0.4 is 5.32 Å². The van der Waals surface area contributed by atoms with Crippen LogP contribution in [0.1, 0.15) is 17.1 Å². The van der Waals surface area contributed by atoms with E-state index in [1.165, 1.54) is 17.4 Å². The van der Waals surface area contributed by atoms with Gasteiger partial charge in [-0.05, 0) is 12.1 Å². The fourth-order valence-corrected chi connectivity index (χ4v) is 3.14. The van der Waals surface area contributed by atoms with Gasteiger partial charge in [-0.25, -0.2) is 9.97 Å². The molecule has 136 valence electrons. The third-order valence-corrected chi connectivity index (χ3v) is 4.64. The Hall–Kier alpha value is -2.68. The smallest absolute Gasteiger partial charge is 0.349 e. The lowest BCUT2D eigenvalue weighted by Gasteiger charge is -2.07. The number of aryl methyl sites for hydroxylation is 1. The second kappa shape index (κ2) is 7.28. The Kier molecular flexibility index (Phi) is 5.08. The highest BCUT2D eigenvalue weighted by molar-refractivity contribution is 7.13. The van der Waals surface area contributed by atoms with Gasteiger partial charge in [0, 0.05) is 30.4 Å². The number of halogens is 3. The maximum Gasteiger partial charge on any atom is 0.416 e. The third-order valence-electron chi connectivity index (χ3n) is 3.69. The first-order chi connectivity index (χ1) is 12.3. The summed E-state index contributed by atoms with van der Waals surface area (Å²) in [6.45, 7) is 0.299. The van der Waals surface area contributed by atoms with E-state index in [2.05, 4.69) is 15.3 Å². The van der Waals surface area contributed by atoms with E-state index >= 15 is 0 Å². The quantitative estimate of drug-likeness (QED) is 0.738. The van der Waals surface area contributed by atoms with Crippen LogP contribution in [0, 0.1) is 0 Å². The SMILES string of the molecule is Cn1ccnc1CNC(=O)Cc1csc(-c2cccc(C(F)(F)F)c2)n1. The Morgan fingerprint density at radius 2 is 2.15 bits per heavy atom. The zero-order chi connectivity index (χ0) is 18.7. The van der Waals surface area contributed by atoms with E-state index in [0.29, 0.717) is 22.8 Å². The van der Waals surface area contributed by atoms with Gasteiger partial charge in [0.05, 0.1) is 24.2 Å². The van der Waals surface area contributed by atoms with Gasteiger partial charge in [-0.1, -0.05) is 12.1 Å². The number of benzene rings is 1. The van der Waals surface area contributed by atoms with Gasteiger partial charge in [-0.3, -0.25) is 4.79 Å². The number of hydrogen-bond donors (Lipinski definition) is 1. The summed E-state index contributed by atoms with van der Waals surface area (Å²) in [6, 6.07) is 4.99. The third kappa shape index (κ3) is 4.29. The lowest BCUT2D eigenvalue weighted by atomic mass is 10.1. The molecule has 0 aliphatic carbocycles. The summed E-state index contributed by atoms with van der Waals surface area (Å²) >= 11 is 1.21. The lowest BCUT2D eigenvalue weighted by Crippen LogP contribution is -2.26. The molecule has 2 aromatic heterocycles. The molecule has 0 bridgehead atoms. The van der Waals surface area contributed by atoms with Crippen LogP contribution in [0.5, 0.6) is 0 Å². The number of nitrogens with zero attached hydrogens (tertiary/aromatic N) is 3. The summed E-state index contributed by atoms with van der Waals surface area (Å²) in [7, 11) is 1.83. The maximum absolute atomic E-state index is 12.8. The first-order valence-electron chi connectivity index (χ1n) is 7.68. The van der Waals surface area contributed by atoms with Crippen molar-refractivity contribution >= 4 is 17.2 Å². The standard InChI is InChI=1S/C17H15F3N4OS/c1-24-6-5-21-14(24)9-22-15(25)8-13-10-26-16(23-13)11-3-2-4-12(7-11)17(18,19)20/h2-7,10H,8-9H2,1H3,(H,22,25). The van der Waals surface area contributed by atoms with Crippen molar-refractivity contribution in [1.29, 1.82) is 0 Å². The second-order valence-corrected chi connectivity index (χ2v) is 6.49. The van der Waals surface area contributed by atoms with E-state index < -0.39 is 11.7 Å². The van der Waals surface area contributed by atoms with Gasteiger partial charge in [0.25, 0.3) is 0 Å². The molecule has 0 saturated carbocycles. The number of imidazole rings is 1. The van der Waals surface area contributed by atoms with Gasteiger partial charge in [0.1, 0.15) is 10.8 Å². The highest BCUT2D eigenvalue weighted by atomic mass is 32.1. The van der Waals surface area contributed by atoms with E-state index in [9.17, 15) is 18.0 Å². The summed E-state index contributed by atoms with van der Waals surface area (Å²) in [4.78, 5) is 20.4. The van der Waals surface area contributed by atoms with Crippen molar-refractivity contribution in [2.24, 2.45) is 7.05 Å². The van der Waals surface area contributed by atoms with Crippen molar-refractivity contribution < 1.29 is 18.0 Å². The van der Waals surface area contributed by atoms with Gasteiger partial charge in [0.15, 0.2) is 0 Å². The number of carbonyl (C=O) groups is 1. The Morgan fingerprint density at radius 1 is 1.35 bits per heavy atom. The van der Waals surface area contributed by atoms with Crippen molar-refractivity contribution in [3.63, 3.8) is 0 Å². The minimum Gasteiger partial charge on any atom is -0.349 e. The van der Waals surface area contributed by atoms with E-state index in [1.807, 2.05) is 7.05 Å². The van der Waals surface area contributed by atoms with Gasteiger partial charge in [-0.15, -0.1) is 11.3 Å². The molecule has 3 rings (SSSR count). The zero-order valence-corrected chi connectivity index (χ0v) is 14.6. The molecule has 26 heavy (non-hydrogen) atoms. The van der Waals surface area contributed by atoms with Gasteiger partial charge < -0.3 is 9.88 Å². The fraction of sp³-hybridized carbons (Fsp3) is 0.235. The number of amides is 1. The molecule has 0 fully saturated rings. The summed E-state index contributed by atoms with van der Waals surface area (Å²) in [5.41, 5.74) is 0.170. The summed E-state index contributed by atoms with van der Waals surface area (Å²) in [5, 5.41) is 4.87. The van der Waals surface area contributed by atoms with Crippen molar-refractivity contribution in [2.45, 2.75) is 19.1 Å². The van der Waals surface area contributed by atoms with Gasteiger partial charge >= 0.3 is 6.18 Å². The molecule has 1 amide bonds. The Morgan fingerprint density at radius 3 is 2.85 bits per heavy atom. The average Bonchev–Trinajstić information content (AvgIpc) is 3.21. The summed E-state index contributed by atoms with van der Waals surface area (Å²) in [6.07, 6.45) is -0.923. The van der Waals surface area contributed by atoms with Crippen LogP contribution in [-0.2, 0) is 31.0 Å². The fourth-order valence-electron chi connectivity index (χ4n) is 2.32.